The molecule has 0 fully saturated rings. The summed E-state index contributed by atoms with van der Waals surface area (Å²) >= 11 is 0. The molecule has 1 amide bonds. The van der Waals surface area contributed by atoms with Crippen LogP contribution in [-0.2, 0) is 14.3 Å². The maximum absolute atomic E-state index is 13.1. The summed E-state index contributed by atoms with van der Waals surface area (Å²) < 4.78 is 22.0. The number of amides is 1. The minimum atomic E-state index is -1.17. The zero-order chi connectivity index (χ0) is 23.6. The van der Waals surface area contributed by atoms with Crippen LogP contribution in [0.2, 0.25) is 0 Å². The molecule has 0 heterocycles. The first-order valence-electron chi connectivity index (χ1n) is 10.6. The lowest BCUT2D eigenvalue weighted by atomic mass is 10.1. The largest absolute Gasteiger partial charge is 0.495 e. The Morgan fingerprint density at radius 3 is 2.21 bits per heavy atom. The molecule has 7 nitrogen and oxygen atoms in total. The zero-order valence-corrected chi connectivity index (χ0v) is 18.9. The van der Waals surface area contributed by atoms with Crippen LogP contribution in [0.1, 0.15) is 24.2 Å². The number of para-hydroxylation sites is 2. The van der Waals surface area contributed by atoms with Gasteiger partial charge in [0.05, 0.1) is 19.4 Å². The van der Waals surface area contributed by atoms with E-state index in [1.165, 1.54) is 7.11 Å². The van der Waals surface area contributed by atoms with Gasteiger partial charge in [-0.05, 0) is 43.7 Å². The van der Waals surface area contributed by atoms with Crippen LogP contribution < -0.4 is 19.5 Å². The Hall–Kier alpha value is -4.00. The number of benzene rings is 3. The van der Waals surface area contributed by atoms with Crippen LogP contribution in [0.3, 0.4) is 0 Å². The van der Waals surface area contributed by atoms with Gasteiger partial charge in [-0.25, -0.2) is 4.79 Å². The molecule has 3 aromatic carbocycles. The third-order valence-electron chi connectivity index (χ3n) is 4.70. The molecule has 0 bridgehead atoms. The van der Waals surface area contributed by atoms with Gasteiger partial charge in [-0.15, -0.1) is 0 Å². The quantitative estimate of drug-likeness (QED) is 0.452. The van der Waals surface area contributed by atoms with Crippen molar-refractivity contribution < 1.29 is 28.5 Å². The van der Waals surface area contributed by atoms with Crippen LogP contribution in [0.25, 0.3) is 0 Å². The Labute approximate surface area is 193 Å². The van der Waals surface area contributed by atoms with Crippen LogP contribution in [0.5, 0.6) is 17.2 Å². The van der Waals surface area contributed by atoms with Crippen molar-refractivity contribution in [3.8, 4) is 17.2 Å². The number of aryl methyl sites for hydroxylation is 1. The van der Waals surface area contributed by atoms with E-state index >= 15 is 0 Å². The molecule has 0 aliphatic heterocycles. The van der Waals surface area contributed by atoms with Crippen LogP contribution in [0.15, 0.2) is 72.8 Å². The van der Waals surface area contributed by atoms with Gasteiger partial charge in [0, 0.05) is 5.56 Å². The van der Waals surface area contributed by atoms with E-state index in [1.54, 1.807) is 54.6 Å². The molecule has 3 aromatic rings. The van der Waals surface area contributed by atoms with E-state index in [2.05, 4.69) is 5.32 Å². The number of hydrogen-bond donors (Lipinski definition) is 1. The molecular weight excluding hydrogens is 422 g/mol. The average molecular weight is 450 g/mol. The lowest BCUT2D eigenvalue weighted by Crippen LogP contribution is -2.28. The van der Waals surface area contributed by atoms with Gasteiger partial charge in [-0.2, -0.15) is 0 Å². The summed E-state index contributed by atoms with van der Waals surface area (Å²) in [6.45, 7) is 3.84. The smallest absolute Gasteiger partial charge is 0.345 e. The summed E-state index contributed by atoms with van der Waals surface area (Å²) in [6.07, 6.45) is -1.17. The molecule has 0 radical (unpaired) electrons. The summed E-state index contributed by atoms with van der Waals surface area (Å²) in [4.78, 5) is 25.7. The van der Waals surface area contributed by atoms with Crippen molar-refractivity contribution in [1.82, 2.24) is 0 Å². The summed E-state index contributed by atoms with van der Waals surface area (Å²) in [5, 5.41) is 2.80. The highest BCUT2D eigenvalue weighted by Gasteiger charge is 2.26. The lowest BCUT2D eigenvalue weighted by Gasteiger charge is -2.19. The van der Waals surface area contributed by atoms with Gasteiger partial charge in [0.1, 0.15) is 5.75 Å². The fraction of sp³-hybridized carbons (Fsp3) is 0.231. The number of methoxy groups -OCH3 is 1. The second-order valence-electron chi connectivity index (χ2n) is 7.14. The molecule has 0 saturated heterocycles. The number of carbonyl (C=O) groups excluding carboxylic acids is 2. The third-order valence-corrected chi connectivity index (χ3v) is 4.70. The molecule has 1 N–H and O–H groups in total. The molecule has 1 atom stereocenters. The number of rotatable bonds is 10. The summed E-state index contributed by atoms with van der Waals surface area (Å²) in [7, 11) is 1.52. The van der Waals surface area contributed by atoms with E-state index in [1.807, 2.05) is 32.0 Å². The zero-order valence-electron chi connectivity index (χ0n) is 18.9. The Bertz CT molecular complexity index is 1080. The number of ether oxygens (including phenoxy) is 4. The van der Waals surface area contributed by atoms with E-state index < -0.39 is 18.0 Å². The van der Waals surface area contributed by atoms with Crippen molar-refractivity contribution in [2.24, 2.45) is 0 Å². The van der Waals surface area contributed by atoms with Gasteiger partial charge in [-0.1, -0.05) is 48.5 Å². The topological polar surface area (TPSA) is 83.1 Å². The normalized spacial score (nSPS) is 11.2. The van der Waals surface area contributed by atoms with E-state index in [9.17, 15) is 9.59 Å². The van der Waals surface area contributed by atoms with Crippen molar-refractivity contribution in [2.75, 3.05) is 25.6 Å². The molecule has 7 heteroatoms. The highest BCUT2D eigenvalue weighted by Crippen LogP contribution is 2.29. The maximum Gasteiger partial charge on any atom is 0.345 e. The number of esters is 1. The molecule has 0 saturated carbocycles. The lowest BCUT2D eigenvalue weighted by molar-refractivity contribution is -0.156. The van der Waals surface area contributed by atoms with Crippen LogP contribution >= 0.6 is 0 Å². The van der Waals surface area contributed by atoms with Crippen LogP contribution in [0.4, 0.5) is 5.69 Å². The summed E-state index contributed by atoms with van der Waals surface area (Å²) in [5.74, 6) is 0.246. The Morgan fingerprint density at radius 2 is 1.55 bits per heavy atom. The van der Waals surface area contributed by atoms with Crippen molar-refractivity contribution >= 4 is 17.6 Å². The monoisotopic (exact) mass is 449 g/mol. The predicted octanol–water partition coefficient (Wildman–Crippen LogP) is 4.70. The van der Waals surface area contributed by atoms with Crippen LogP contribution in [-0.4, -0.2) is 32.2 Å². The highest BCUT2D eigenvalue weighted by molar-refractivity contribution is 5.97. The Balaban J connectivity index is 1.74. The van der Waals surface area contributed by atoms with Gasteiger partial charge >= 0.3 is 5.97 Å². The van der Waals surface area contributed by atoms with Crippen molar-refractivity contribution in [1.29, 1.82) is 0 Å². The summed E-state index contributed by atoms with van der Waals surface area (Å²) in [5.41, 5.74) is 1.96. The fourth-order valence-corrected chi connectivity index (χ4v) is 3.16. The number of hydrogen-bond acceptors (Lipinski definition) is 6. The first kappa shape index (κ1) is 23.7. The fourth-order valence-electron chi connectivity index (χ4n) is 3.16. The Morgan fingerprint density at radius 1 is 0.879 bits per heavy atom. The molecule has 0 aliphatic carbocycles. The second kappa shape index (κ2) is 11.6. The minimum Gasteiger partial charge on any atom is -0.495 e. The first-order valence-corrected chi connectivity index (χ1v) is 10.6. The SMILES string of the molecule is CCOc1ccccc1OCC(=O)OC(C(=O)Nc1cc(C)ccc1OC)c1ccccc1. The van der Waals surface area contributed by atoms with Gasteiger partial charge in [0.25, 0.3) is 5.91 Å². The number of nitrogens with one attached hydrogen (secondary N) is 1. The molecule has 0 aromatic heterocycles. The summed E-state index contributed by atoms with van der Waals surface area (Å²) in [6, 6.07) is 21.3. The van der Waals surface area contributed by atoms with E-state index in [0.717, 1.165) is 5.56 Å². The first-order chi connectivity index (χ1) is 16.0. The highest BCUT2D eigenvalue weighted by atomic mass is 16.6. The van der Waals surface area contributed by atoms with E-state index in [-0.39, 0.29) is 6.61 Å². The van der Waals surface area contributed by atoms with Gasteiger partial charge in [0.15, 0.2) is 18.1 Å². The van der Waals surface area contributed by atoms with Crippen molar-refractivity contribution in [2.45, 2.75) is 20.0 Å². The van der Waals surface area contributed by atoms with Crippen molar-refractivity contribution in [3.63, 3.8) is 0 Å². The molecule has 0 aliphatic rings. The Kier molecular flexibility index (Phi) is 8.30. The molecule has 1 unspecified atom stereocenters. The molecule has 33 heavy (non-hydrogen) atoms. The molecule has 0 spiro atoms. The van der Waals surface area contributed by atoms with E-state index in [4.69, 9.17) is 18.9 Å². The molecule has 3 rings (SSSR count). The van der Waals surface area contributed by atoms with Gasteiger partial charge in [0.2, 0.25) is 6.10 Å². The average Bonchev–Trinajstić information content (AvgIpc) is 2.83. The minimum absolute atomic E-state index is 0.380. The van der Waals surface area contributed by atoms with Crippen molar-refractivity contribution in [3.05, 3.63) is 83.9 Å². The third kappa shape index (κ3) is 6.49. The second-order valence-corrected chi connectivity index (χ2v) is 7.14. The standard InChI is InChI=1S/C26H27NO6/c1-4-31-22-12-8-9-13-23(22)32-17-24(28)33-25(19-10-6-5-7-11-19)26(29)27-20-16-18(2)14-15-21(20)30-3/h5-16,25H,4,17H2,1-3H3,(H,27,29). The maximum atomic E-state index is 13.1. The van der Waals surface area contributed by atoms with Gasteiger partial charge < -0.3 is 24.3 Å². The number of anilines is 1. The molecule has 172 valence electrons. The van der Waals surface area contributed by atoms with E-state index in [0.29, 0.717) is 35.1 Å². The predicted molar refractivity (Wildman–Crippen MR) is 125 cm³/mol. The molecular formula is C26H27NO6. The number of carbonyl (C=O) groups is 2. The van der Waals surface area contributed by atoms with Crippen LogP contribution in [0, 0.1) is 6.92 Å². The van der Waals surface area contributed by atoms with Gasteiger partial charge in [-0.3, -0.25) is 4.79 Å².